The largest absolute Gasteiger partial charge is 0.497 e. The number of benzene rings is 2. The number of hydrogen-bond acceptors (Lipinski definition) is 5. The molecule has 0 aliphatic carbocycles. The van der Waals surface area contributed by atoms with Gasteiger partial charge in [0.2, 0.25) is 15.9 Å². The van der Waals surface area contributed by atoms with Crippen LogP contribution in [0.3, 0.4) is 0 Å². The van der Waals surface area contributed by atoms with Gasteiger partial charge in [0.1, 0.15) is 11.8 Å². The number of imidazole rings is 1. The predicted octanol–water partition coefficient (Wildman–Crippen LogP) is 2.35. The van der Waals surface area contributed by atoms with Gasteiger partial charge in [-0.2, -0.15) is 0 Å². The molecule has 0 saturated carbocycles. The Balaban J connectivity index is 1.78. The van der Waals surface area contributed by atoms with Gasteiger partial charge in [-0.3, -0.25) is 9.10 Å². The first-order valence-electron chi connectivity index (χ1n) is 9.28. The Labute approximate surface area is 176 Å². The first-order valence-corrected chi connectivity index (χ1v) is 11.1. The van der Waals surface area contributed by atoms with Crippen molar-refractivity contribution in [3.63, 3.8) is 0 Å². The molecule has 3 rings (SSSR count). The lowest BCUT2D eigenvalue weighted by Crippen LogP contribution is -2.47. The molecule has 0 bridgehead atoms. The number of hydrogen-bond donors (Lipinski definition) is 1. The number of sulfonamides is 1. The van der Waals surface area contributed by atoms with E-state index in [1.165, 1.54) is 7.11 Å². The van der Waals surface area contributed by atoms with E-state index in [0.717, 1.165) is 21.8 Å². The first-order chi connectivity index (χ1) is 14.3. The van der Waals surface area contributed by atoms with Gasteiger partial charge in [-0.15, -0.1) is 0 Å². The summed E-state index contributed by atoms with van der Waals surface area (Å²) in [6.07, 6.45) is 6.25. The minimum Gasteiger partial charge on any atom is -0.497 e. The third-order valence-electron chi connectivity index (χ3n) is 4.64. The van der Waals surface area contributed by atoms with Crippen LogP contribution in [0.4, 0.5) is 5.69 Å². The molecule has 1 aromatic heterocycles. The summed E-state index contributed by atoms with van der Waals surface area (Å²) in [4.78, 5) is 16.9. The molecule has 0 saturated heterocycles. The summed E-state index contributed by atoms with van der Waals surface area (Å²) in [6.45, 7) is 1.81. The lowest BCUT2D eigenvalue weighted by Gasteiger charge is -2.28. The Bertz CT molecular complexity index is 1100. The number of aromatic nitrogens is 2. The van der Waals surface area contributed by atoms with Crippen LogP contribution in [0.2, 0.25) is 0 Å². The molecule has 0 aliphatic rings. The van der Waals surface area contributed by atoms with Gasteiger partial charge in [-0.1, -0.05) is 18.2 Å². The molecule has 0 radical (unpaired) electrons. The number of carbonyl (C=O) groups is 1. The third-order valence-corrected chi connectivity index (χ3v) is 5.88. The highest BCUT2D eigenvalue weighted by Gasteiger charge is 2.29. The fourth-order valence-electron chi connectivity index (χ4n) is 3.18. The summed E-state index contributed by atoms with van der Waals surface area (Å²) in [5.41, 5.74) is 2.16. The Morgan fingerprint density at radius 3 is 2.50 bits per heavy atom. The molecular weight excluding hydrogens is 404 g/mol. The summed E-state index contributed by atoms with van der Waals surface area (Å²) in [7, 11) is -2.16. The van der Waals surface area contributed by atoms with Crippen molar-refractivity contribution in [2.45, 2.75) is 19.5 Å². The molecule has 3 aromatic rings. The molecule has 1 heterocycles. The van der Waals surface area contributed by atoms with Crippen molar-refractivity contribution in [1.82, 2.24) is 14.9 Å². The van der Waals surface area contributed by atoms with E-state index >= 15 is 0 Å². The second kappa shape index (κ2) is 9.00. The number of methoxy groups -OCH3 is 1. The standard InChI is InChI=1S/C21H24N4O4S/c1-16(25(30(3,27)28)18-8-10-19(29-2)11-9-18)21(26)23-14-17-6-4-5-7-20(17)24-13-12-22-15-24/h4-13,15-16H,14H2,1-3H3,(H,23,26)/t16-/m0/s1. The van der Waals surface area contributed by atoms with Crippen LogP contribution in [0.1, 0.15) is 12.5 Å². The van der Waals surface area contributed by atoms with Gasteiger partial charge < -0.3 is 14.6 Å². The molecule has 9 heteroatoms. The fraction of sp³-hybridized carbons (Fsp3) is 0.238. The van der Waals surface area contributed by atoms with E-state index in [4.69, 9.17) is 4.74 Å². The molecule has 2 aromatic carbocycles. The predicted molar refractivity (Wildman–Crippen MR) is 115 cm³/mol. The van der Waals surface area contributed by atoms with Crippen molar-refractivity contribution in [3.05, 3.63) is 72.8 Å². The van der Waals surface area contributed by atoms with Gasteiger partial charge >= 0.3 is 0 Å². The van der Waals surface area contributed by atoms with Crippen LogP contribution in [-0.4, -0.2) is 43.3 Å². The van der Waals surface area contributed by atoms with Crippen molar-refractivity contribution in [2.24, 2.45) is 0 Å². The molecule has 1 amide bonds. The number of carbonyl (C=O) groups excluding carboxylic acids is 1. The molecule has 0 spiro atoms. The number of nitrogens with one attached hydrogen (secondary N) is 1. The van der Waals surface area contributed by atoms with E-state index < -0.39 is 22.0 Å². The molecule has 8 nitrogen and oxygen atoms in total. The molecule has 0 unspecified atom stereocenters. The molecule has 1 atom stereocenters. The topological polar surface area (TPSA) is 93.5 Å². The van der Waals surface area contributed by atoms with E-state index in [1.54, 1.807) is 43.7 Å². The quantitative estimate of drug-likeness (QED) is 0.594. The van der Waals surface area contributed by atoms with Gasteiger partial charge in [-0.25, -0.2) is 13.4 Å². The SMILES string of the molecule is COc1ccc(N([C@@H](C)C(=O)NCc2ccccc2-n2ccnc2)S(C)(=O)=O)cc1. The van der Waals surface area contributed by atoms with Crippen LogP contribution in [0.25, 0.3) is 5.69 Å². The van der Waals surface area contributed by atoms with Crippen LogP contribution in [-0.2, 0) is 21.4 Å². The second-order valence-corrected chi connectivity index (χ2v) is 8.61. The second-order valence-electron chi connectivity index (χ2n) is 6.75. The lowest BCUT2D eigenvalue weighted by molar-refractivity contribution is -0.122. The summed E-state index contributed by atoms with van der Waals surface area (Å²) in [5.74, 6) is 0.192. The van der Waals surface area contributed by atoms with Crippen LogP contribution < -0.4 is 14.4 Å². The molecular formula is C21H24N4O4S. The molecule has 0 fully saturated rings. The van der Waals surface area contributed by atoms with Crippen LogP contribution in [0.5, 0.6) is 5.75 Å². The van der Waals surface area contributed by atoms with Crippen LogP contribution in [0, 0.1) is 0 Å². The smallest absolute Gasteiger partial charge is 0.243 e. The van der Waals surface area contributed by atoms with E-state index in [-0.39, 0.29) is 6.54 Å². The third kappa shape index (κ3) is 4.80. The summed E-state index contributed by atoms with van der Waals surface area (Å²) < 4.78 is 32.9. The van der Waals surface area contributed by atoms with Crippen molar-refractivity contribution >= 4 is 21.6 Å². The van der Waals surface area contributed by atoms with E-state index in [2.05, 4.69) is 10.3 Å². The van der Waals surface area contributed by atoms with Crippen molar-refractivity contribution in [3.8, 4) is 11.4 Å². The van der Waals surface area contributed by atoms with E-state index in [1.807, 2.05) is 35.0 Å². The zero-order valence-corrected chi connectivity index (χ0v) is 17.8. The summed E-state index contributed by atoms with van der Waals surface area (Å²) in [5, 5.41) is 2.84. The first kappa shape index (κ1) is 21.4. The minimum atomic E-state index is -3.69. The number of rotatable bonds is 8. The zero-order valence-electron chi connectivity index (χ0n) is 17.0. The zero-order chi connectivity index (χ0) is 21.7. The molecule has 0 aliphatic heterocycles. The Morgan fingerprint density at radius 2 is 1.90 bits per heavy atom. The Hall–Kier alpha value is -3.33. The molecule has 158 valence electrons. The monoisotopic (exact) mass is 428 g/mol. The summed E-state index contributed by atoms with van der Waals surface area (Å²) >= 11 is 0. The van der Waals surface area contributed by atoms with Gasteiger partial charge in [0.15, 0.2) is 0 Å². The van der Waals surface area contributed by atoms with Gasteiger partial charge in [0.25, 0.3) is 0 Å². The molecule has 1 N–H and O–H groups in total. The minimum absolute atomic E-state index is 0.248. The average Bonchev–Trinajstić information content (AvgIpc) is 3.26. The normalized spacial score (nSPS) is 12.2. The highest BCUT2D eigenvalue weighted by molar-refractivity contribution is 7.92. The van der Waals surface area contributed by atoms with Crippen molar-refractivity contribution < 1.29 is 17.9 Å². The van der Waals surface area contributed by atoms with Crippen LogP contribution in [0.15, 0.2) is 67.3 Å². The number of ether oxygens (including phenoxy) is 1. The van der Waals surface area contributed by atoms with Gasteiger partial charge in [-0.05, 0) is 42.8 Å². The average molecular weight is 429 g/mol. The maximum Gasteiger partial charge on any atom is 0.243 e. The summed E-state index contributed by atoms with van der Waals surface area (Å²) in [6, 6.07) is 13.2. The van der Waals surface area contributed by atoms with Crippen molar-refractivity contribution in [2.75, 3.05) is 17.7 Å². The maximum absolute atomic E-state index is 12.8. The Kier molecular flexibility index (Phi) is 6.41. The van der Waals surface area contributed by atoms with Crippen LogP contribution >= 0.6 is 0 Å². The number of para-hydroxylation sites is 1. The number of anilines is 1. The highest BCUT2D eigenvalue weighted by Crippen LogP contribution is 2.24. The Morgan fingerprint density at radius 1 is 1.20 bits per heavy atom. The van der Waals surface area contributed by atoms with Gasteiger partial charge in [0, 0.05) is 18.9 Å². The fourth-order valence-corrected chi connectivity index (χ4v) is 4.36. The highest BCUT2D eigenvalue weighted by atomic mass is 32.2. The maximum atomic E-state index is 12.8. The number of nitrogens with zero attached hydrogens (tertiary/aromatic N) is 3. The lowest BCUT2D eigenvalue weighted by atomic mass is 10.1. The molecule has 30 heavy (non-hydrogen) atoms. The van der Waals surface area contributed by atoms with Crippen molar-refractivity contribution in [1.29, 1.82) is 0 Å². The van der Waals surface area contributed by atoms with Gasteiger partial charge in [0.05, 0.1) is 31.1 Å². The van der Waals surface area contributed by atoms with E-state index in [0.29, 0.717) is 11.4 Å². The van der Waals surface area contributed by atoms with E-state index in [9.17, 15) is 13.2 Å². The number of amides is 1.